The van der Waals surface area contributed by atoms with Gasteiger partial charge >= 0.3 is 0 Å². The van der Waals surface area contributed by atoms with E-state index in [1.807, 2.05) is 0 Å². The standard InChI is InChI=1S/C16H36N4O.HI/c1-7-17-16(19-12-13-20(6)8-2)18-11-10-15(14(4)5)21-9-3;/h14-15H,7-13H2,1-6H3,(H2,17,18,19);1H. The lowest BCUT2D eigenvalue weighted by atomic mass is 10.0. The first-order chi connectivity index (χ1) is 10.0. The molecule has 0 aliphatic carbocycles. The zero-order chi connectivity index (χ0) is 16.1. The Bertz CT molecular complexity index is 275. The summed E-state index contributed by atoms with van der Waals surface area (Å²) in [5, 5.41) is 6.67. The van der Waals surface area contributed by atoms with Crippen LogP contribution in [-0.2, 0) is 4.74 Å². The van der Waals surface area contributed by atoms with Crippen molar-refractivity contribution in [2.45, 2.75) is 47.1 Å². The van der Waals surface area contributed by atoms with E-state index < -0.39 is 0 Å². The molecule has 1 atom stereocenters. The fourth-order valence-electron chi connectivity index (χ4n) is 1.99. The summed E-state index contributed by atoms with van der Waals surface area (Å²) in [6.45, 7) is 16.2. The maximum absolute atomic E-state index is 5.76. The van der Waals surface area contributed by atoms with Gasteiger partial charge in [0.05, 0.1) is 6.10 Å². The van der Waals surface area contributed by atoms with Crippen LogP contribution in [0.3, 0.4) is 0 Å². The Morgan fingerprint density at radius 1 is 1.18 bits per heavy atom. The second kappa shape index (κ2) is 15.8. The minimum atomic E-state index is 0. The number of halogens is 1. The van der Waals surface area contributed by atoms with Crippen LogP contribution in [-0.4, -0.2) is 63.3 Å². The average Bonchev–Trinajstić information content (AvgIpc) is 2.45. The highest BCUT2D eigenvalue weighted by molar-refractivity contribution is 14.0. The number of likely N-dealkylation sites (N-methyl/N-ethyl adjacent to an activating group) is 1. The van der Waals surface area contributed by atoms with E-state index in [0.29, 0.717) is 12.0 Å². The van der Waals surface area contributed by atoms with Gasteiger partial charge in [-0.05, 0) is 39.8 Å². The first-order valence-electron chi connectivity index (χ1n) is 8.37. The third kappa shape index (κ3) is 12.5. The van der Waals surface area contributed by atoms with Gasteiger partial charge in [0.15, 0.2) is 5.96 Å². The van der Waals surface area contributed by atoms with E-state index in [2.05, 4.69) is 62.2 Å². The predicted octanol–water partition coefficient (Wildman–Crippen LogP) is 2.56. The number of rotatable bonds is 11. The van der Waals surface area contributed by atoms with Crippen molar-refractivity contribution in [3.8, 4) is 0 Å². The zero-order valence-corrected chi connectivity index (χ0v) is 17.6. The third-order valence-corrected chi connectivity index (χ3v) is 3.48. The summed E-state index contributed by atoms with van der Waals surface area (Å²) in [4.78, 5) is 6.91. The average molecular weight is 428 g/mol. The van der Waals surface area contributed by atoms with E-state index in [9.17, 15) is 0 Å². The molecule has 0 aromatic heterocycles. The van der Waals surface area contributed by atoms with Crippen LogP contribution in [0.2, 0.25) is 0 Å². The zero-order valence-electron chi connectivity index (χ0n) is 15.3. The molecule has 0 aliphatic rings. The van der Waals surface area contributed by atoms with Crippen molar-refractivity contribution in [2.24, 2.45) is 10.9 Å². The van der Waals surface area contributed by atoms with Gasteiger partial charge in [-0.25, -0.2) is 0 Å². The van der Waals surface area contributed by atoms with Crippen LogP contribution in [0.1, 0.15) is 41.0 Å². The number of nitrogens with zero attached hydrogens (tertiary/aromatic N) is 2. The van der Waals surface area contributed by atoms with Crippen LogP contribution >= 0.6 is 24.0 Å². The van der Waals surface area contributed by atoms with Gasteiger partial charge in [0, 0.05) is 32.8 Å². The number of guanidine groups is 1. The maximum atomic E-state index is 5.76. The second-order valence-electron chi connectivity index (χ2n) is 5.61. The highest BCUT2D eigenvalue weighted by atomic mass is 127. The molecule has 0 aromatic carbocycles. The number of nitrogens with one attached hydrogen (secondary N) is 2. The lowest BCUT2D eigenvalue weighted by Crippen LogP contribution is -2.41. The van der Waals surface area contributed by atoms with Gasteiger partial charge in [0.1, 0.15) is 0 Å². The molecule has 0 saturated heterocycles. The topological polar surface area (TPSA) is 48.9 Å². The van der Waals surface area contributed by atoms with E-state index in [0.717, 1.165) is 51.7 Å². The van der Waals surface area contributed by atoms with Gasteiger partial charge in [-0.15, -0.1) is 24.0 Å². The lowest BCUT2D eigenvalue weighted by molar-refractivity contribution is 0.0266. The van der Waals surface area contributed by atoms with Crippen LogP contribution in [0.25, 0.3) is 0 Å². The normalized spacial score (nSPS) is 13.2. The van der Waals surface area contributed by atoms with Gasteiger partial charge in [-0.1, -0.05) is 20.8 Å². The van der Waals surface area contributed by atoms with Crippen LogP contribution in [0.4, 0.5) is 0 Å². The quantitative estimate of drug-likeness (QED) is 0.302. The van der Waals surface area contributed by atoms with E-state index >= 15 is 0 Å². The molecule has 0 rings (SSSR count). The summed E-state index contributed by atoms with van der Waals surface area (Å²) < 4.78 is 5.76. The van der Waals surface area contributed by atoms with Crippen molar-refractivity contribution in [1.82, 2.24) is 15.5 Å². The molecule has 6 heteroatoms. The lowest BCUT2D eigenvalue weighted by Gasteiger charge is -2.20. The molecular weight excluding hydrogens is 391 g/mol. The van der Waals surface area contributed by atoms with E-state index in [1.165, 1.54) is 0 Å². The molecule has 0 fully saturated rings. The molecule has 0 amide bonds. The number of hydrogen-bond acceptors (Lipinski definition) is 3. The molecule has 0 heterocycles. The molecule has 5 nitrogen and oxygen atoms in total. The second-order valence-corrected chi connectivity index (χ2v) is 5.61. The molecule has 0 aromatic rings. The monoisotopic (exact) mass is 428 g/mol. The van der Waals surface area contributed by atoms with E-state index in [1.54, 1.807) is 0 Å². The van der Waals surface area contributed by atoms with Crippen molar-refractivity contribution in [3.05, 3.63) is 0 Å². The molecule has 0 saturated carbocycles. The Balaban J connectivity index is 0. The fraction of sp³-hybridized carbons (Fsp3) is 0.938. The Labute approximate surface area is 154 Å². The summed E-state index contributed by atoms with van der Waals surface area (Å²) in [6, 6.07) is 0. The van der Waals surface area contributed by atoms with Gasteiger partial charge in [0.25, 0.3) is 0 Å². The highest BCUT2D eigenvalue weighted by Crippen LogP contribution is 2.10. The molecular formula is C16H37IN4O. The van der Waals surface area contributed by atoms with E-state index in [4.69, 9.17) is 4.74 Å². The van der Waals surface area contributed by atoms with Gasteiger partial charge in [-0.3, -0.25) is 4.99 Å². The molecule has 0 aliphatic heterocycles. The number of ether oxygens (including phenoxy) is 1. The third-order valence-electron chi connectivity index (χ3n) is 3.48. The largest absolute Gasteiger partial charge is 0.378 e. The SMILES string of the molecule is CCNC(=NCCC(OCC)C(C)C)NCCN(C)CC.I. The molecule has 1 unspecified atom stereocenters. The highest BCUT2D eigenvalue weighted by Gasteiger charge is 2.12. The number of hydrogen-bond donors (Lipinski definition) is 2. The van der Waals surface area contributed by atoms with Crippen molar-refractivity contribution in [2.75, 3.05) is 46.4 Å². The summed E-state index contributed by atoms with van der Waals surface area (Å²) in [7, 11) is 2.13. The first-order valence-corrected chi connectivity index (χ1v) is 8.37. The summed E-state index contributed by atoms with van der Waals surface area (Å²) >= 11 is 0. The Hall–Kier alpha value is -0.0800. The number of aliphatic imine (C=N–C) groups is 1. The van der Waals surface area contributed by atoms with Crippen molar-refractivity contribution in [3.63, 3.8) is 0 Å². The van der Waals surface area contributed by atoms with Crippen molar-refractivity contribution >= 4 is 29.9 Å². The van der Waals surface area contributed by atoms with E-state index in [-0.39, 0.29) is 24.0 Å². The summed E-state index contributed by atoms with van der Waals surface area (Å²) in [5.74, 6) is 1.44. The van der Waals surface area contributed by atoms with Crippen LogP contribution in [0.15, 0.2) is 4.99 Å². The van der Waals surface area contributed by atoms with Gasteiger partial charge < -0.3 is 20.3 Å². The minimum absolute atomic E-state index is 0. The molecule has 134 valence electrons. The molecule has 0 bridgehead atoms. The minimum Gasteiger partial charge on any atom is -0.378 e. The fourth-order valence-corrected chi connectivity index (χ4v) is 1.99. The predicted molar refractivity (Wildman–Crippen MR) is 107 cm³/mol. The van der Waals surface area contributed by atoms with Crippen LogP contribution in [0.5, 0.6) is 0 Å². The molecule has 0 radical (unpaired) electrons. The van der Waals surface area contributed by atoms with Gasteiger partial charge in [-0.2, -0.15) is 0 Å². The maximum Gasteiger partial charge on any atom is 0.191 e. The van der Waals surface area contributed by atoms with Crippen molar-refractivity contribution < 1.29 is 4.74 Å². The van der Waals surface area contributed by atoms with Crippen LogP contribution in [0, 0.1) is 5.92 Å². The van der Waals surface area contributed by atoms with Crippen molar-refractivity contribution in [1.29, 1.82) is 0 Å². The Morgan fingerprint density at radius 2 is 1.86 bits per heavy atom. The Kier molecular flexibility index (Phi) is 17.4. The van der Waals surface area contributed by atoms with Gasteiger partial charge in [0.2, 0.25) is 0 Å². The molecule has 22 heavy (non-hydrogen) atoms. The van der Waals surface area contributed by atoms with Crippen LogP contribution < -0.4 is 10.6 Å². The molecule has 0 spiro atoms. The first kappa shape index (κ1) is 24.2. The summed E-state index contributed by atoms with van der Waals surface area (Å²) in [5.41, 5.74) is 0. The smallest absolute Gasteiger partial charge is 0.191 e. The Morgan fingerprint density at radius 3 is 2.36 bits per heavy atom. The summed E-state index contributed by atoms with van der Waals surface area (Å²) in [6.07, 6.45) is 1.27. The molecule has 2 N–H and O–H groups in total.